The van der Waals surface area contributed by atoms with Gasteiger partial charge in [-0.1, -0.05) is 35.5 Å². The molecule has 0 bridgehead atoms. The van der Waals surface area contributed by atoms with E-state index in [9.17, 15) is 4.79 Å². The molecule has 140 valence electrons. The molecule has 0 spiro atoms. The summed E-state index contributed by atoms with van der Waals surface area (Å²) < 4.78 is 10.8. The molecular weight excluding hydrogens is 342 g/mol. The van der Waals surface area contributed by atoms with E-state index in [1.807, 2.05) is 48.5 Å². The molecule has 0 aliphatic carbocycles. The Labute approximate surface area is 158 Å². The van der Waals surface area contributed by atoms with Gasteiger partial charge in [-0.25, -0.2) is 0 Å². The minimum Gasteiger partial charge on any atom is -0.468 e. The van der Waals surface area contributed by atoms with Crippen LogP contribution in [0, 0.1) is 5.92 Å². The molecule has 2 aromatic heterocycles. The molecule has 1 aromatic carbocycles. The van der Waals surface area contributed by atoms with Crippen LogP contribution in [0.2, 0.25) is 0 Å². The van der Waals surface area contributed by atoms with Crippen LogP contribution in [0.5, 0.6) is 0 Å². The van der Waals surface area contributed by atoms with Gasteiger partial charge in [0.1, 0.15) is 11.5 Å². The van der Waals surface area contributed by atoms with Crippen LogP contribution in [-0.2, 0) is 17.9 Å². The smallest absolute Gasteiger partial charge is 0.224 e. The predicted molar refractivity (Wildman–Crippen MR) is 100 cm³/mol. The molecule has 3 aromatic rings. The maximum Gasteiger partial charge on any atom is 0.224 e. The van der Waals surface area contributed by atoms with Crippen LogP contribution in [0.3, 0.4) is 0 Å². The number of aromatic nitrogens is 1. The molecule has 1 atom stereocenters. The third kappa shape index (κ3) is 4.46. The monoisotopic (exact) mass is 365 g/mol. The van der Waals surface area contributed by atoms with E-state index in [0.717, 1.165) is 49.5 Å². The minimum atomic E-state index is -0.00536. The normalized spacial score (nSPS) is 17.7. The SMILES string of the molecule is O=C(NCc1cc(-c2ccccc2)on1)[C@H]1CCCN(Cc2ccco2)C1. The summed E-state index contributed by atoms with van der Waals surface area (Å²) in [6.45, 7) is 2.87. The van der Waals surface area contributed by atoms with E-state index in [1.165, 1.54) is 0 Å². The van der Waals surface area contributed by atoms with Crippen molar-refractivity contribution >= 4 is 5.91 Å². The predicted octanol–water partition coefficient (Wildman–Crippen LogP) is 3.46. The fraction of sp³-hybridized carbons (Fsp3) is 0.333. The van der Waals surface area contributed by atoms with Gasteiger partial charge in [-0.3, -0.25) is 9.69 Å². The van der Waals surface area contributed by atoms with Gasteiger partial charge in [0.05, 0.1) is 25.3 Å². The van der Waals surface area contributed by atoms with Crippen LogP contribution in [0.4, 0.5) is 0 Å². The first-order valence-electron chi connectivity index (χ1n) is 9.31. The zero-order valence-corrected chi connectivity index (χ0v) is 15.1. The van der Waals surface area contributed by atoms with Gasteiger partial charge in [0.25, 0.3) is 0 Å². The molecule has 1 saturated heterocycles. The lowest BCUT2D eigenvalue weighted by Gasteiger charge is -2.31. The molecule has 0 saturated carbocycles. The fourth-order valence-corrected chi connectivity index (χ4v) is 3.49. The standard InChI is InChI=1S/C21H23N3O3/c25-21(17-8-4-10-24(14-17)15-19-9-5-11-26-19)22-13-18-12-20(27-23-18)16-6-2-1-3-7-16/h1-3,5-7,9,11-12,17H,4,8,10,13-15H2,(H,22,25)/t17-/m0/s1. The average molecular weight is 365 g/mol. The summed E-state index contributed by atoms with van der Waals surface area (Å²) in [6, 6.07) is 15.6. The van der Waals surface area contributed by atoms with E-state index < -0.39 is 0 Å². The number of amides is 1. The van der Waals surface area contributed by atoms with E-state index in [4.69, 9.17) is 8.94 Å². The van der Waals surface area contributed by atoms with Gasteiger partial charge in [0, 0.05) is 18.2 Å². The second-order valence-electron chi connectivity index (χ2n) is 6.92. The maximum absolute atomic E-state index is 12.6. The van der Waals surface area contributed by atoms with E-state index >= 15 is 0 Å². The number of hydrogen-bond acceptors (Lipinski definition) is 5. The Morgan fingerprint density at radius 2 is 2.11 bits per heavy atom. The van der Waals surface area contributed by atoms with E-state index in [0.29, 0.717) is 12.3 Å². The lowest BCUT2D eigenvalue weighted by molar-refractivity contribution is -0.127. The van der Waals surface area contributed by atoms with Crippen molar-refractivity contribution in [2.45, 2.75) is 25.9 Å². The largest absolute Gasteiger partial charge is 0.468 e. The Kier molecular flexibility index (Phi) is 5.34. The van der Waals surface area contributed by atoms with Crippen LogP contribution in [0.1, 0.15) is 24.3 Å². The number of carbonyl (C=O) groups is 1. The summed E-state index contributed by atoms with van der Waals surface area (Å²) >= 11 is 0. The van der Waals surface area contributed by atoms with Crippen molar-refractivity contribution in [3.05, 3.63) is 66.2 Å². The van der Waals surface area contributed by atoms with Crippen LogP contribution < -0.4 is 5.32 Å². The molecule has 3 heterocycles. The first-order chi connectivity index (χ1) is 13.3. The average Bonchev–Trinajstić information content (AvgIpc) is 3.39. The number of benzene rings is 1. The van der Waals surface area contributed by atoms with Crippen molar-refractivity contribution in [3.63, 3.8) is 0 Å². The van der Waals surface area contributed by atoms with Crippen molar-refractivity contribution in [3.8, 4) is 11.3 Å². The number of hydrogen-bond donors (Lipinski definition) is 1. The molecule has 0 unspecified atom stereocenters. The first-order valence-corrected chi connectivity index (χ1v) is 9.31. The summed E-state index contributed by atoms with van der Waals surface area (Å²) in [5, 5.41) is 7.06. The number of piperidine rings is 1. The molecule has 1 aliphatic heterocycles. The van der Waals surface area contributed by atoms with Crippen molar-refractivity contribution < 1.29 is 13.7 Å². The number of carbonyl (C=O) groups excluding carboxylic acids is 1. The Morgan fingerprint density at radius 1 is 1.22 bits per heavy atom. The first kappa shape index (κ1) is 17.5. The zero-order chi connectivity index (χ0) is 18.5. The number of rotatable bonds is 6. The summed E-state index contributed by atoms with van der Waals surface area (Å²) in [5.41, 5.74) is 1.70. The summed E-state index contributed by atoms with van der Waals surface area (Å²) in [6.07, 6.45) is 3.61. The summed E-state index contributed by atoms with van der Waals surface area (Å²) in [5.74, 6) is 1.71. The highest BCUT2D eigenvalue weighted by molar-refractivity contribution is 5.79. The molecule has 4 rings (SSSR count). The fourth-order valence-electron chi connectivity index (χ4n) is 3.49. The van der Waals surface area contributed by atoms with Gasteiger partial charge in [0.15, 0.2) is 5.76 Å². The third-order valence-corrected chi connectivity index (χ3v) is 4.90. The molecule has 0 radical (unpaired) electrons. The highest BCUT2D eigenvalue weighted by Gasteiger charge is 2.26. The van der Waals surface area contributed by atoms with E-state index in [1.54, 1.807) is 6.26 Å². The minimum absolute atomic E-state index is 0.00536. The second-order valence-corrected chi connectivity index (χ2v) is 6.92. The molecule has 1 aliphatic rings. The number of furan rings is 1. The van der Waals surface area contributed by atoms with Crippen molar-refractivity contribution in [1.29, 1.82) is 0 Å². The van der Waals surface area contributed by atoms with Crippen LogP contribution >= 0.6 is 0 Å². The highest BCUT2D eigenvalue weighted by Crippen LogP contribution is 2.21. The molecule has 27 heavy (non-hydrogen) atoms. The molecular formula is C21H23N3O3. The Hall–Kier alpha value is -2.86. The maximum atomic E-state index is 12.6. The number of nitrogens with one attached hydrogen (secondary N) is 1. The molecule has 1 amide bonds. The van der Waals surface area contributed by atoms with Crippen molar-refractivity contribution in [1.82, 2.24) is 15.4 Å². The van der Waals surface area contributed by atoms with Crippen molar-refractivity contribution in [2.75, 3.05) is 13.1 Å². The Bertz CT molecular complexity index is 858. The van der Waals surface area contributed by atoms with Crippen LogP contribution in [-0.4, -0.2) is 29.1 Å². The molecule has 6 nitrogen and oxygen atoms in total. The van der Waals surface area contributed by atoms with Crippen LogP contribution in [0.25, 0.3) is 11.3 Å². The van der Waals surface area contributed by atoms with E-state index in [2.05, 4.69) is 15.4 Å². The lowest BCUT2D eigenvalue weighted by Crippen LogP contribution is -2.42. The molecule has 6 heteroatoms. The topological polar surface area (TPSA) is 71.5 Å². The van der Waals surface area contributed by atoms with Gasteiger partial charge in [-0.2, -0.15) is 0 Å². The number of nitrogens with zero attached hydrogens (tertiary/aromatic N) is 2. The van der Waals surface area contributed by atoms with Gasteiger partial charge < -0.3 is 14.3 Å². The van der Waals surface area contributed by atoms with Crippen LogP contribution in [0.15, 0.2) is 63.7 Å². The number of likely N-dealkylation sites (tertiary alicyclic amines) is 1. The highest BCUT2D eigenvalue weighted by atomic mass is 16.5. The Morgan fingerprint density at radius 3 is 2.93 bits per heavy atom. The summed E-state index contributed by atoms with van der Waals surface area (Å²) in [4.78, 5) is 14.9. The van der Waals surface area contributed by atoms with Crippen molar-refractivity contribution in [2.24, 2.45) is 5.92 Å². The summed E-state index contributed by atoms with van der Waals surface area (Å²) in [7, 11) is 0. The quantitative estimate of drug-likeness (QED) is 0.724. The van der Waals surface area contributed by atoms with E-state index in [-0.39, 0.29) is 11.8 Å². The lowest BCUT2D eigenvalue weighted by atomic mass is 9.97. The van der Waals surface area contributed by atoms with Gasteiger partial charge in [-0.15, -0.1) is 0 Å². The second kappa shape index (κ2) is 8.22. The molecule has 1 fully saturated rings. The zero-order valence-electron chi connectivity index (χ0n) is 15.1. The van der Waals surface area contributed by atoms with Gasteiger partial charge in [-0.05, 0) is 31.5 Å². The van der Waals surface area contributed by atoms with Gasteiger partial charge in [0.2, 0.25) is 5.91 Å². The third-order valence-electron chi connectivity index (χ3n) is 4.90. The van der Waals surface area contributed by atoms with Gasteiger partial charge >= 0.3 is 0 Å². The Balaban J connectivity index is 1.29. The molecule has 1 N–H and O–H groups in total.